The highest BCUT2D eigenvalue weighted by Gasteiger charge is 2.05. The fraction of sp³-hybridized carbons (Fsp3) is 0.0526. The molecule has 106 valence electrons. The quantitative estimate of drug-likeness (QED) is 0.625. The molecular weight excluding hydrogens is 288 g/mol. The zero-order valence-corrected chi connectivity index (χ0v) is 13.0. The van der Waals surface area contributed by atoms with Gasteiger partial charge in [0, 0.05) is 11.1 Å². The van der Waals surface area contributed by atoms with Crippen molar-refractivity contribution in [2.24, 2.45) is 0 Å². The SMILES string of the molecule is Cc1csc(/C(C#N)=C/c2ccc(-c3ccccc3)cc2)n1. The van der Waals surface area contributed by atoms with Crippen LogP contribution in [0, 0.1) is 18.3 Å². The van der Waals surface area contributed by atoms with Crippen LogP contribution in [0.25, 0.3) is 22.8 Å². The summed E-state index contributed by atoms with van der Waals surface area (Å²) in [4.78, 5) is 4.37. The molecule has 22 heavy (non-hydrogen) atoms. The van der Waals surface area contributed by atoms with Gasteiger partial charge in [-0.3, -0.25) is 0 Å². The van der Waals surface area contributed by atoms with Gasteiger partial charge in [-0.1, -0.05) is 54.6 Å². The first kappa shape index (κ1) is 14.2. The summed E-state index contributed by atoms with van der Waals surface area (Å²) in [6.07, 6.45) is 1.88. The van der Waals surface area contributed by atoms with Crippen molar-refractivity contribution in [3.63, 3.8) is 0 Å². The zero-order chi connectivity index (χ0) is 15.4. The van der Waals surface area contributed by atoms with E-state index >= 15 is 0 Å². The van der Waals surface area contributed by atoms with E-state index in [4.69, 9.17) is 0 Å². The molecule has 3 rings (SSSR count). The molecule has 0 aliphatic heterocycles. The monoisotopic (exact) mass is 302 g/mol. The van der Waals surface area contributed by atoms with Gasteiger partial charge in [0.1, 0.15) is 11.1 Å². The summed E-state index contributed by atoms with van der Waals surface area (Å²) in [7, 11) is 0. The van der Waals surface area contributed by atoms with Crippen LogP contribution in [0.3, 0.4) is 0 Å². The number of thiazole rings is 1. The molecule has 0 amide bonds. The standard InChI is InChI=1S/C19H14N2S/c1-14-13-22-19(21-14)18(12-20)11-15-7-9-17(10-8-15)16-5-3-2-4-6-16/h2-11,13H,1H3/b18-11+. The van der Waals surface area contributed by atoms with E-state index in [0.29, 0.717) is 5.57 Å². The Kier molecular flexibility index (Phi) is 4.13. The number of rotatable bonds is 3. The number of nitrogens with zero attached hydrogens (tertiary/aromatic N) is 2. The van der Waals surface area contributed by atoms with Gasteiger partial charge in [-0.2, -0.15) is 5.26 Å². The van der Waals surface area contributed by atoms with Crippen LogP contribution in [0.15, 0.2) is 60.0 Å². The average Bonchev–Trinajstić information content (AvgIpc) is 3.00. The molecule has 0 N–H and O–H groups in total. The Hall–Kier alpha value is -2.70. The minimum Gasteiger partial charge on any atom is -0.241 e. The molecule has 0 atom stereocenters. The molecule has 0 bridgehead atoms. The van der Waals surface area contributed by atoms with Crippen LogP contribution >= 0.6 is 11.3 Å². The third-order valence-electron chi connectivity index (χ3n) is 3.30. The second kappa shape index (κ2) is 6.38. The first-order valence-electron chi connectivity index (χ1n) is 6.96. The predicted octanol–water partition coefficient (Wildman–Crippen LogP) is 5.18. The lowest BCUT2D eigenvalue weighted by molar-refractivity contribution is 1.25. The van der Waals surface area contributed by atoms with Gasteiger partial charge < -0.3 is 0 Å². The number of aryl methyl sites for hydroxylation is 1. The largest absolute Gasteiger partial charge is 0.241 e. The zero-order valence-electron chi connectivity index (χ0n) is 12.2. The summed E-state index contributed by atoms with van der Waals surface area (Å²) in [5.41, 5.74) is 4.91. The molecule has 2 nitrogen and oxygen atoms in total. The molecule has 0 saturated carbocycles. The van der Waals surface area contributed by atoms with Gasteiger partial charge in [-0.05, 0) is 29.7 Å². The van der Waals surface area contributed by atoms with Gasteiger partial charge in [0.25, 0.3) is 0 Å². The highest BCUT2D eigenvalue weighted by atomic mass is 32.1. The van der Waals surface area contributed by atoms with Crippen LogP contribution in [0.2, 0.25) is 0 Å². The van der Waals surface area contributed by atoms with Crippen molar-refractivity contribution in [1.29, 1.82) is 5.26 Å². The Labute approximate surface area is 134 Å². The van der Waals surface area contributed by atoms with Crippen LogP contribution in [-0.2, 0) is 0 Å². The Morgan fingerprint density at radius 3 is 2.32 bits per heavy atom. The number of allylic oxidation sites excluding steroid dienone is 1. The molecule has 3 aromatic rings. The van der Waals surface area contributed by atoms with Gasteiger partial charge >= 0.3 is 0 Å². The van der Waals surface area contributed by atoms with Gasteiger partial charge in [0.2, 0.25) is 0 Å². The summed E-state index contributed by atoms with van der Waals surface area (Å²) in [6, 6.07) is 20.7. The topological polar surface area (TPSA) is 36.7 Å². The molecule has 0 aliphatic rings. The summed E-state index contributed by atoms with van der Waals surface area (Å²) in [5, 5.41) is 12.1. The second-order valence-electron chi connectivity index (χ2n) is 4.95. The first-order valence-corrected chi connectivity index (χ1v) is 7.84. The van der Waals surface area contributed by atoms with Crippen molar-refractivity contribution in [2.45, 2.75) is 6.92 Å². The van der Waals surface area contributed by atoms with Gasteiger partial charge in [-0.15, -0.1) is 11.3 Å². The molecule has 0 radical (unpaired) electrons. The molecule has 0 saturated heterocycles. The van der Waals surface area contributed by atoms with Crippen LogP contribution in [0.4, 0.5) is 0 Å². The van der Waals surface area contributed by atoms with Crippen LogP contribution in [-0.4, -0.2) is 4.98 Å². The maximum Gasteiger partial charge on any atom is 0.134 e. The van der Waals surface area contributed by atoms with Crippen molar-refractivity contribution in [3.05, 3.63) is 76.2 Å². The second-order valence-corrected chi connectivity index (χ2v) is 5.81. The highest BCUT2D eigenvalue weighted by Crippen LogP contribution is 2.23. The van der Waals surface area contributed by atoms with Crippen LogP contribution < -0.4 is 0 Å². The molecule has 0 aliphatic carbocycles. The molecule has 0 spiro atoms. The van der Waals surface area contributed by atoms with Crippen molar-refractivity contribution < 1.29 is 0 Å². The Morgan fingerprint density at radius 1 is 1.05 bits per heavy atom. The van der Waals surface area contributed by atoms with Crippen LogP contribution in [0.5, 0.6) is 0 Å². The predicted molar refractivity (Wildman–Crippen MR) is 92.2 cm³/mol. The molecule has 0 unspecified atom stereocenters. The van der Waals surface area contributed by atoms with E-state index in [1.54, 1.807) is 0 Å². The van der Waals surface area contributed by atoms with E-state index in [1.165, 1.54) is 22.5 Å². The maximum atomic E-state index is 9.33. The van der Waals surface area contributed by atoms with E-state index in [1.807, 2.05) is 48.7 Å². The summed E-state index contributed by atoms with van der Waals surface area (Å²) in [6.45, 7) is 1.93. The van der Waals surface area contributed by atoms with Gasteiger partial charge in [0.05, 0.1) is 5.57 Å². The molecule has 1 heterocycles. The van der Waals surface area contributed by atoms with Crippen molar-refractivity contribution in [1.82, 2.24) is 4.98 Å². The Bertz CT molecular complexity index is 837. The van der Waals surface area contributed by atoms with Crippen molar-refractivity contribution in [2.75, 3.05) is 0 Å². The van der Waals surface area contributed by atoms with Gasteiger partial charge in [-0.25, -0.2) is 4.98 Å². The minimum atomic E-state index is 0.602. The van der Waals surface area contributed by atoms with E-state index < -0.39 is 0 Å². The average molecular weight is 302 g/mol. The molecular formula is C19H14N2S. The number of aromatic nitrogens is 1. The molecule has 0 fully saturated rings. The summed E-state index contributed by atoms with van der Waals surface area (Å²) in [5.74, 6) is 0. The van der Waals surface area contributed by atoms with Crippen molar-refractivity contribution in [3.8, 4) is 17.2 Å². The maximum absolute atomic E-state index is 9.33. The number of nitriles is 1. The first-order chi connectivity index (χ1) is 10.8. The Balaban J connectivity index is 1.90. The summed E-state index contributed by atoms with van der Waals surface area (Å²) < 4.78 is 0. The van der Waals surface area contributed by atoms with E-state index in [-0.39, 0.29) is 0 Å². The van der Waals surface area contributed by atoms with Crippen LogP contribution in [0.1, 0.15) is 16.3 Å². The smallest absolute Gasteiger partial charge is 0.134 e. The third kappa shape index (κ3) is 3.13. The molecule has 1 aromatic heterocycles. The molecule has 2 aromatic carbocycles. The van der Waals surface area contributed by atoms with Crippen molar-refractivity contribution >= 4 is 23.0 Å². The number of hydrogen-bond donors (Lipinski definition) is 0. The lowest BCUT2D eigenvalue weighted by Crippen LogP contribution is -1.82. The fourth-order valence-electron chi connectivity index (χ4n) is 2.19. The lowest BCUT2D eigenvalue weighted by Gasteiger charge is -2.02. The minimum absolute atomic E-state index is 0.602. The van der Waals surface area contributed by atoms with Gasteiger partial charge in [0.15, 0.2) is 0 Å². The number of hydrogen-bond acceptors (Lipinski definition) is 3. The molecule has 3 heteroatoms. The van der Waals surface area contributed by atoms with E-state index in [0.717, 1.165) is 16.3 Å². The summed E-state index contributed by atoms with van der Waals surface area (Å²) >= 11 is 1.50. The van der Waals surface area contributed by atoms with E-state index in [2.05, 4.69) is 35.3 Å². The Morgan fingerprint density at radius 2 is 1.73 bits per heavy atom. The fourth-order valence-corrected chi connectivity index (χ4v) is 2.95. The normalized spacial score (nSPS) is 11.2. The lowest BCUT2D eigenvalue weighted by atomic mass is 10.0. The van der Waals surface area contributed by atoms with E-state index in [9.17, 15) is 5.26 Å². The third-order valence-corrected chi connectivity index (χ3v) is 4.29. The highest BCUT2D eigenvalue weighted by molar-refractivity contribution is 7.11. The number of benzene rings is 2.